The largest absolute Gasteiger partial charge is 0.356 e. The molecule has 3 rings (SSSR count). The van der Waals surface area contributed by atoms with Crippen LogP contribution in [0.3, 0.4) is 0 Å². The molecule has 3 heteroatoms. The molecule has 1 aromatic heterocycles. The first-order valence-corrected chi connectivity index (χ1v) is 8.36. The van der Waals surface area contributed by atoms with Crippen LogP contribution >= 0.6 is 15.9 Å². The van der Waals surface area contributed by atoms with Crippen molar-refractivity contribution in [3.8, 4) is 0 Å². The number of aromatic nitrogens is 1. The predicted octanol–water partition coefficient (Wildman–Crippen LogP) is 4.70. The van der Waals surface area contributed by atoms with Crippen LogP contribution in [0.25, 0.3) is 0 Å². The maximum Gasteiger partial charge on any atom is 0.143 e. The van der Waals surface area contributed by atoms with E-state index < -0.39 is 0 Å². The molecule has 2 aliphatic rings. The van der Waals surface area contributed by atoms with Crippen molar-refractivity contribution in [3.63, 3.8) is 0 Å². The highest BCUT2D eigenvalue weighted by molar-refractivity contribution is 9.10. The summed E-state index contributed by atoms with van der Waals surface area (Å²) in [7, 11) is 0. The highest BCUT2D eigenvalue weighted by Gasteiger charge is 2.36. The summed E-state index contributed by atoms with van der Waals surface area (Å²) >= 11 is 3.70. The maximum absolute atomic E-state index is 4.58. The van der Waals surface area contributed by atoms with Crippen LogP contribution in [0.15, 0.2) is 16.7 Å². The molecule has 0 bridgehead atoms. The second-order valence-electron chi connectivity index (χ2n) is 6.31. The molecule has 0 N–H and O–H groups in total. The van der Waals surface area contributed by atoms with Gasteiger partial charge in [0.25, 0.3) is 0 Å². The van der Waals surface area contributed by atoms with Gasteiger partial charge in [-0.05, 0) is 65.6 Å². The van der Waals surface area contributed by atoms with Gasteiger partial charge in [0.2, 0.25) is 0 Å². The lowest BCUT2D eigenvalue weighted by molar-refractivity contribution is 0.144. The lowest BCUT2D eigenvalue weighted by Gasteiger charge is -2.44. The van der Waals surface area contributed by atoms with Crippen molar-refractivity contribution in [3.05, 3.63) is 22.3 Å². The Morgan fingerprint density at radius 3 is 2.47 bits per heavy atom. The maximum atomic E-state index is 4.58. The number of aryl methyl sites for hydroxylation is 1. The van der Waals surface area contributed by atoms with E-state index in [0.717, 1.165) is 5.82 Å². The van der Waals surface area contributed by atoms with E-state index >= 15 is 0 Å². The monoisotopic (exact) mass is 322 g/mol. The SMILES string of the molecule is Cc1ccnc(N2CCC3(CCCCC3)CC2)c1Br. The zero-order chi connectivity index (χ0) is 13.3. The summed E-state index contributed by atoms with van der Waals surface area (Å²) in [5.74, 6) is 1.14. The number of rotatable bonds is 1. The molecule has 19 heavy (non-hydrogen) atoms. The third kappa shape index (κ3) is 2.67. The first-order chi connectivity index (χ1) is 9.20. The summed E-state index contributed by atoms with van der Waals surface area (Å²) in [5.41, 5.74) is 1.95. The minimum Gasteiger partial charge on any atom is -0.356 e. The van der Waals surface area contributed by atoms with Crippen LogP contribution in [-0.4, -0.2) is 18.1 Å². The molecule has 2 nitrogen and oxygen atoms in total. The molecule has 1 aliphatic carbocycles. The molecule has 0 unspecified atom stereocenters. The van der Waals surface area contributed by atoms with E-state index in [0.29, 0.717) is 5.41 Å². The molecule has 1 aromatic rings. The second-order valence-corrected chi connectivity index (χ2v) is 7.11. The number of piperidine rings is 1. The predicted molar refractivity (Wildman–Crippen MR) is 83.6 cm³/mol. The van der Waals surface area contributed by atoms with Crippen LogP contribution in [0.5, 0.6) is 0 Å². The molecule has 1 saturated heterocycles. The second kappa shape index (κ2) is 5.43. The van der Waals surface area contributed by atoms with Crippen molar-refractivity contribution in [1.82, 2.24) is 4.98 Å². The van der Waals surface area contributed by atoms with Gasteiger partial charge in [-0.15, -0.1) is 0 Å². The van der Waals surface area contributed by atoms with Crippen molar-refractivity contribution in [1.29, 1.82) is 0 Å². The molecule has 1 aliphatic heterocycles. The van der Waals surface area contributed by atoms with Gasteiger partial charge in [-0.1, -0.05) is 19.3 Å². The van der Waals surface area contributed by atoms with Gasteiger partial charge in [-0.3, -0.25) is 0 Å². The molecular formula is C16H23BrN2. The zero-order valence-corrected chi connectivity index (χ0v) is 13.4. The van der Waals surface area contributed by atoms with Gasteiger partial charge in [0.1, 0.15) is 5.82 Å². The molecule has 0 radical (unpaired) electrons. The Morgan fingerprint density at radius 1 is 1.11 bits per heavy atom. The lowest BCUT2D eigenvalue weighted by Crippen LogP contribution is -2.41. The molecule has 2 heterocycles. The molecule has 0 aromatic carbocycles. The minimum absolute atomic E-state index is 0.672. The van der Waals surface area contributed by atoms with Crippen molar-refractivity contribution >= 4 is 21.7 Å². The van der Waals surface area contributed by atoms with E-state index in [1.54, 1.807) is 0 Å². The normalized spacial score (nSPS) is 22.7. The third-order valence-electron chi connectivity index (χ3n) is 5.10. The number of nitrogens with zero attached hydrogens (tertiary/aromatic N) is 2. The van der Waals surface area contributed by atoms with Crippen LogP contribution in [0.2, 0.25) is 0 Å². The molecular weight excluding hydrogens is 300 g/mol. The van der Waals surface area contributed by atoms with Gasteiger partial charge in [0, 0.05) is 19.3 Å². The molecule has 0 atom stereocenters. The van der Waals surface area contributed by atoms with Gasteiger partial charge >= 0.3 is 0 Å². The fraction of sp³-hybridized carbons (Fsp3) is 0.688. The Hall–Kier alpha value is -0.570. The molecule has 1 saturated carbocycles. The third-order valence-corrected chi connectivity index (χ3v) is 6.08. The smallest absolute Gasteiger partial charge is 0.143 e. The summed E-state index contributed by atoms with van der Waals surface area (Å²) in [5, 5.41) is 0. The quantitative estimate of drug-likeness (QED) is 0.744. The van der Waals surface area contributed by atoms with Crippen LogP contribution < -0.4 is 4.90 Å². The van der Waals surface area contributed by atoms with E-state index in [9.17, 15) is 0 Å². The summed E-state index contributed by atoms with van der Waals surface area (Å²) in [6.45, 7) is 4.49. The van der Waals surface area contributed by atoms with Crippen molar-refractivity contribution in [2.24, 2.45) is 5.41 Å². The average molecular weight is 323 g/mol. The van der Waals surface area contributed by atoms with E-state index in [1.807, 2.05) is 6.20 Å². The number of halogens is 1. The van der Waals surface area contributed by atoms with Gasteiger partial charge < -0.3 is 4.90 Å². The number of pyridine rings is 1. The Balaban J connectivity index is 1.71. The number of anilines is 1. The summed E-state index contributed by atoms with van der Waals surface area (Å²) in [6.07, 6.45) is 11.9. The molecule has 2 fully saturated rings. The Morgan fingerprint density at radius 2 is 1.79 bits per heavy atom. The van der Waals surface area contributed by atoms with Crippen LogP contribution in [0.4, 0.5) is 5.82 Å². The number of hydrogen-bond donors (Lipinski definition) is 0. The van der Waals surface area contributed by atoms with E-state index in [2.05, 4.69) is 38.8 Å². The van der Waals surface area contributed by atoms with Gasteiger partial charge in [0.15, 0.2) is 0 Å². The average Bonchev–Trinajstić information content (AvgIpc) is 2.44. The van der Waals surface area contributed by atoms with Crippen molar-refractivity contribution < 1.29 is 0 Å². The summed E-state index contributed by atoms with van der Waals surface area (Å²) < 4.78 is 1.18. The van der Waals surface area contributed by atoms with Crippen LogP contribution in [0.1, 0.15) is 50.5 Å². The zero-order valence-electron chi connectivity index (χ0n) is 11.8. The highest BCUT2D eigenvalue weighted by Crippen LogP contribution is 2.45. The standard InChI is InChI=1S/C16H23BrN2/c1-13-5-10-18-15(14(13)17)19-11-8-16(9-12-19)6-3-2-4-7-16/h5,10H,2-4,6-9,11-12H2,1H3. The van der Waals surface area contributed by atoms with E-state index in [-0.39, 0.29) is 0 Å². The van der Waals surface area contributed by atoms with Crippen LogP contribution in [-0.2, 0) is 0 Å². The van der Waals surface area contributed by atoms with E-state index in [1.165, 1.54) is 68.1 Å². The fourth-order valence-electron chi connectivity index (χ4n) is 3.74. The number of hydrogen-bond acceptors (Lipinski definition) is 2. The first kappa shape index (κ1) is 13.4. The highest BCUT2D eigenvalue weighted by atomic mass is 79.9. The minimum atomic E-state index is 0.672. The van der Waals surface area contributed by atoms with Crippen molar-refractivity contribution in [2.75, 3.05) is 18.0 Å². The molecule has 104 valence electrons. The Bertz CT molecular complexity index is 442. The summed E-state index contributed by atoms with van der Waals surface area (Å²) in [6, 6.07) is 2.07. The lowest BCUT2D eigenvalue weighted by atomic mass is 9.68. The molecule has 0 amide bonds. The topological polar surface area (TPSA) is 16.1 Å². The van der Waals surface area contributed by atoms with Gasteiger partial charge in [-0.2, -0.15) is 0 Å². The summed E-state index contributed by atoms with van der Waals surface area (Å²) in [4.78, 5) is 7.04. The van der Waals surface area contributed by atoms with E-state index in [4.69, 9.17) is 0 Å². The van der Waals surface area contributed by atoms with Crippen LogP contribution in [0, 0.1) is 12.3 Å². The fourth-order valence-corrected chi connectivity index (χ4v) is 4.23. The van der Waals surface area contributed by atoms with Crippen molar-refractivity contribution in [2.45, 2.75) is 51.9 Å². The van der Waals surface area contributed by atoms with Gasteiger partial charge in [-0.25, -0.2) is 4.98 Å². The Labute approximate surface area is 124 Å². The van der Waals surface area contributed by atoms with Gasteiger partial charge in [0.05, 0.1) is 4.47 Å². The first-order valence-electron chi connectivity index (χ1n) is 7.56. The Kier molecular flexibility index (Phi) is 3.84. The molecule has 1 spiro atoms.